The number of aliphatic hydroxyl groups is 1. The summed E-state index contributed by atoms with van der Waals surface area (Å²) in [5.41, 5.74) is 7.92. The third-order valence-corrected chi connectivity index (χ3v) is 2.93. The third kappa shape index (κ3) is 2.56. The minimum atomic E-state index is -0.445. The minimum absolute atomic E-state index is 0.114. The molecule has 0 aliphatic carbocycles. The molecule has 14 heavy (non-hydrogen) atoms. The van der Waals surface area contributed by atoms with Gasteiger partial charge in [0.15, 0.2) is 0 Å². The Morgan fingerprint density at radius 2 is 2.14 bits per heavy atom. The van der Waals surface area contributed by atoms with Gasteiger partial charge in [-0.25, -0.2) is 0 Å². The standard InChI is InChI=1S/C11H16BrNO/c1-8-7-9(12)3-4-10(8)11(2,13)5-6-14/h3-4,7,14H,5-6,13H2,1-2H3. The van der Waals surface area contributed by atoms with Crippen LogP contribution in [0.2, 0.25) is 0 Å². The molecule has 3 N–H and O–H groups in total. The molecule has 3 heteroatoms. The Morgan fingerprint density at radius 3 is 2.64 bits per heavy atom. The zero-order valence-corrected chi connectivity index (χ0v) is 10.1. The van der Waals surface area contributed by atoms with Crippen molar-refractivity contribution in [1.82, 2.24) is 0 Å². The van der Waals surface area contributed by atoms with Crippen LogP contribution in [0, 0.1) is 6.92 Å². The first-order chi connectivity index (χ1) is 6.47. The molecule has 0 aromatic heterocycles. The van der Waals surface area contributed by atoms with Gasteiger partial charge in [0.05, 0.1) is 0 Å². The molecular formula is C11H16BrNO. The number of benzene rings is 1. The van der Waals surface area contributed by atoms with Crippen molar-refractivity contribution < 1.29 is 5.11 Å². The number of hydrogen-bond donors (Lipinski definition) is 2. The summed E-state index contributed by atoms with van der Waals surface area (Å²) in [5.74, 6) is 0. The van der Waals surface area contributed by atoms with E-state index in [4.69, 9.17) is 10.8 Å². The van der Waals surface area contributed by atoms with E-state index in [0.29, 0.717) is 6.42 Å². The molecule has 0 fully saturated rings. The largest absolute Gasteiger partial charge is 0.396 e. The molecular weight excluding hydrogens is 242 g/mol. The zero-order chi connectivity index (χ0) is 10.8. The van der Waals surface area contributed by atoms with Gasteiger partial charge >= 0.3 is 0 Å². The van der Waals surface area contributed by atoms with Crippen LogP contribution in [0.5, 0.6) is 0 Å². The van der Waals surface area contributed by atoms with Crippen LogP contribution in [0.4, 0.5) is 0 Å². The van der Waals surface area contributed by atoms with Gasteiger partial charge in [-0.3, -0.25) is 0 Å². The SMILES string of the molecule is Cc1cc(Br)ccc1C(C)(N)CCO. The van der Waals surface area contributed by atoms with Crippen molar-refractivity contribution in [3.8, 4) is 0 Å². The normalized spacial score (nSPS) is 15.2. The van der Waals surface area contributed by atoms with Crippen LogP contribution >= 0.6 is 15.9 Å². The van der Waals surface area contributed by atoms with Crippen LogP contribution in [-0.4, -0.2) is 11.7 Å². The summed E-state index contributed by atoms with van der Waals surface area (Å²) in [7, 11) is 0. The first kappa shape index (κ1) is 11.7. The van der Waals surface area contributed by atoms with Gasteiger partial charge in [0, 0.05) is 16.6 Å². The van der Waals surface area contributed by atoms with Crippen molar-refractivity contribution in [3.63, 3.8) is 0 Å². The van der Waals surface area contributed by atoms with Crippen LogP contribution in [-0.2, 0) is 5.54 Å². The maximum Gasteiger partial charge on any atom is 0.0451 e. The van der Waals surface area contributed by atoms with Crippen molar-refractivity contribution in [1.29, 1.82) is 0 Å². The van der Waals surface area contributed by atoms with Crippen molar-refractivity contribution in [2.24, 2.45) is 5.73 Å². The van der Waals surface area contributed by atoms with Gasteiger partial charge in [0.25, 0.3) is 0 Å². The van der Waals surface area contributed by atoms with Crippen molar-refractivity contribution in [2.45, 2.75) is 25.8 Å². The number of hydrogen-bond acceptors (Lipinski definition) is 2. The highest BCUT2D eigenvalue weighted by Crippen LogP contribution is 2.26. The molecule has 0 saturated heterocycles. The molecule has 0 radical (unpaired) electrons. The Morgan fingerprint density at radius 1 is 1.50 bits per heavy atom. The second-order valence-corrected chi connectivity index (χ2v) is 4.77. The van der Waals surface area contributed by atoms with E-state index in [1.165, 1.54) is 0 Å². The Hall–Kier alpha value is -0.380. The average molecular weight is 258 g/mol. The summed E-state index contributed by atoms with van der Waals surface area (Å²) in [4.78, 5) is 0. The molecule has 0 heterocycles. The van der Waals surface area contributed by atoms with Gasteiger partial charge in [-0.1, -0.05) is 22.0 Å². The molecule has 1 aromatic carbocycles. The van der Waals surface area contributed by atoms with Crippen molar-refractivity contribution in [3.05, 3.63) is 33.8 Å². The lowest BCUT2D eigenvalue weighted by atomic mass is 9.87. The second-order valence-electron chi connectivity index (χ2n) is 3.85. The highest BCUT2D eigenvalue weighted by atomic mass is 79.9. The molecule has 1 unspecified atom stereocenters. The first-order valence-corrected chi connectivity index (χ1v) is 5.43. The molecule has 0 bridgehead atoms. The molecule has 2 nitrogen and oxygen atoms in total. The maximum atomic E-state index is 8.92. The summed E-state index contributed by atoms with van der Waals surface area (Å²) < 4.78 is 1.05. The summed E-state index contributed by atoms with van der Waals surface area (Å²) >= 11 is 3.41. The fourth-order valence-corrected chi connectivity index (χ4v) is 2.11. The van der Waals surface area contributed by atoms with Crippen LogP contribution in [0.25, 0.3) is 0 Å². The van der Waals surface area contributed by atoms with Gasteiger partial charge in [-0.15, -0.1) is 0 Å². The summed E-state index contributed by atoms with van der Waals surface area (Å²) in [6.45, 7) is 4.09. The van der Waals surface area contributed by atoms with Gasteiger partial charge in [-0.05, 0) is 43.5 Å². The predicted octanol–water partition coefficient (Wildman–Crippen LogP) is 2.31. The van der Waals surface area contributed by atoms with E-state index in [1.807, 2.05) is 32.0 Å². The van der Waals surface area contributed by atoms with Crippen molar-refractivity contribution in [2.75, 3.05) is 6.61 Å². The fraction of sp³-hybridized carbons (Fsp3) is 0.455. The van der Waals surface area contributed by atoms with Crippen molar-refractivity contribution >= 4 is 15.9 Å². The summed E-state index contributed by atoms with van der Waals surface area (Å²) in [5, 5.41) is 8.92. The minimum Gasteiger partial charge on any atom is -0.396 e. The fourth-order valence-electron chi connectivity index (χ4n) is 1.63. The molecule has 0 saturated carbocycles. The smallest absolute Gasteiger partial charge is 0.0451 e. The molecule has 1 atom stereocenters. The van der Waals surface area contributed by atoms with Gasteiger partial charge in [-0.2, -0.15) is 0 Å². The lowest BCUT2D eigenvalue weighted by Gasteiger charge is -2.26. The number of aryl methyl sites for hydroxylation is 1. The highest BCUT2D eigenvalue weighted by Gasteiger charge is 2.22. The predicted molar refractivity (Wildman–Crippen MR) is 62.1 cm³/mol. The first-order valence-electron chi connectivity index (χ1n) is 4.64. The van der Waals surface area contributed by atoms with Gasteiger partial charge in [0.1, 0.15) is 0 Å². The highest BCUT2D eigenvalue weighted by molar-refractivity contribution is 9.10. The summed E-state index contributed by atoms with van der Waals surface area (Å²) in [6, 6.07) is 6.03. The molecule has 0 aliphatic rings. The van der Waals surface area contributed by atoms with E-state index in [9.17, 15) is 0 Å². The van der Waals surface area contributed by atoms with E-state index >= 15 is 0 Å². The second kappa shape index (κ2) is 4.43. The molecule has 1 rings (SSSR count). The lowest BCUT2D eigenvalue weighted by Crippen LogP contribution is -2.34. The van der Waals surface area contributed by atoms with E-state index in [1.54, 1.807) is 0 Å². The molecule has 78 valence electrons. The average Bonchev–Trinajstić information content (AvgIpc) is 2.02. The molecule has 0 amide bonds. The number of rotatable bonds is 3. The third-order valence-electron chi connectivity index (χ3n) is 2.43. The Balaban J connectivity index is 3.06. The molecule has 0 aliphatic heterocycles. The summed E-state index contributed by atoms with van der Waals surface area (Å²) in [6.07, 6.45) is 0.579. The monoisotopic (exact) mass is 257 g/mol. The number of nitrogens with two attached hydrogens (primary N) is 1. The van der Waals surface area contributed by atoms with Gasteiger partial charge < -0.3 is 10.8 Å². The Labute approximate surface area is 93.3 Å². The number of halogens is 1. The van der Waals surface area contributed by atoms with Crippen LogP contribution in [0.3, 0.4) is 0 Å². The van der Waals surface area contributed by atoms with Crippen LogP contribution < -0.4 is 5.73 Å². The topological polar surface area (TPSA) is 46.2 Å². The van der Waals surface area contributed by atoms with Crippen LogP contribution in [0.15, 0.2) is 22.7 Å². The van der Waals surface area contributed by atoms with E-state index in [-0.39, 0.29) is 6.61 Å². The number of aliphatic hydroxyl groups excluding tert-OH is 1. The Kier molecular flexibility index (Phi) is 3.70. The zero-order valence-electron chi connectivity index (χ0n) is 8.55. The van der Waals surface area contributed by atoms with E-state index < -0.39 is 5.54 Å². The maximum absolute atomic E-state index is 8.92. The van der Waals surface area contributed by atoms with Crippen LogP contribution in [0.1, 0.15) is 24.5 Å². The van der Waals surface area contributed by atoms with Gasteiger partial charge in [0.2, 0.25) is 0 Å². The Bertz CT molecular complexity index is 323. The van der Waals surface area contributed by atoms with E-state index in [2.05, 4.69) is 15.9 Å². The lowest BCUT2D eigenvalue weighted by molar-refractivity contribution is 0.247. The van der Waals surface area contributed by atoms with E-state index in [0.717, 1.165) is 15.6 Å². The molecule has 0 spiro atoms. The molecule has 1 aromatic rings. The quantitative estimate of drug-likeness (QED) is 0.873.